The van der Waals surface area contributed by atoms with Crippen LogP contribution in [0.15, 0.2) is 36.4 Å². The van der Waals surface area contributed by atoms with Crippen molar-refractivity contribution >= 4 is 5.69 Å². The molecule has 1 atom stereocenters. The summed E-state index contributed by atoms with van der Waals surface area (Å²) in [4.78, 5) is 0. The van der Waals surface area contributed by atoms with E-state index in [4.69, 9.17) is 5.26 Å². The molecule has 0 spiro atoms. The minimum Gasteiger partial charge on any atom is -0.508 e. The maximum Gasteiger partial charge on any atom is 0.143 e. The summed E-state index contributed by atoms with van der Waals surface area (Å²) in [6.07, 6.45) is 1.59. The highest BCUT2D eigenvalue weighted by atomic mass is 19.1. The van der Waals surface area contributed by atoms with Crippen LogP contribution in [0, 0.1) is 17.1 Å². The van der Waals surface area contributed by atoms with Gasteiger partial charge in [-0.25, -0.2) is 4.39 Å². The predicted octanol–water partition coefficient (Wildman–Crippen LogP) is 3.50. The zero-order valence-electron chi connectivity index (χ0n) is 10.7. The molecule has 0 aliphatic heterocycles. The SMILES string of the molecule is N#Cc1c(F)cccc1NC1CCc2c(O)cccc21. The Balaban J connectivity index is 1.94. The number of nitrogens with zero attached hydrogens (tertiary/aromatic N) is 1. The normalized spacial score (nSPS) is 16.5. The third-order valence-electron chi connectivity index (χ3n) is 3.70. The number of anilines is 1. The first-order chi connectivity index (χ1) is 9.70. The fourth-order valence-corrected chi connectivity index (χ4v) is 2.73. The van der Waals surface area contributed by atoms with Crippen LogP contribution < -0.4 is 5.32 Å². The van der Waals surface area contributed by atoms with E-state index in [0.29, 0.717) is 11.4 Å². The van der Waals surface area contributed by atoms with Crippen LogP contribution in [0.5, 0.6) is 5.75 Å². The molecule has 0 saturated carbocycles. The van der Waals surface area contributed by atoms with Crippen LogP contribution in [0.2, 0.25) is 0 Å². The van der Waals surface area contributed by atoms with Crippen LogP contribution in [0.25, 0.3) is 0 Å². The van der Waals surface area contributed by atoms with Crippen molar-refractivity contribution in [2.24, 2.45) is 0 Å². The molecule has 1 unspecified atom stereocenters. The number of halogens is 1. The van der Waals surface area contributed by atoms with E-state index >= 15 is 0 Å². The van der Waals surface area contributed by atoms with Gasteiger partial charge in [-0.3, -0.25) is 0 Å². The number of phenols is 1. The molecule has 0 bridgehead atoms. The Morgan fingerprint density at radius 2 is 2.05 bits per heavy atom. The predicted molar refractivity (Wildman–Crippen MR) is 73.9 cm³/mol. The maximum atomic E-state index is 13.6. The van der Waals surface area contributed by atoms with Crippen molar-refractivity contribution in [2.45, 2.75) is 18.9 Å². The standard InChI is InChI=1S/C16H13FN2O/c17-13-4-2-5-14(12(13)9-18)19-15-8-7-11-10(15)3-1-6-16(11)20/h1-6,15,19-20H,7-8H2. The molecule has 0 fully saturated rings. The Kier molecular flexibility index (Phi) is 3.03. The molecule has 0 saturated heterocycles. The first-order valence-electron chi connectivity index (χ1n) is 6.46. The lowest BCUT2D eigenvalue weighted by molar-refractivity contribution is 0.469. The lowest BCUT2D eigenvalue weighted by Gasteiger charge is -2.16. The Hall–Kier alpha value is -2.54. The van der Waals surface area contributed by atoms with Crippen LogP contribution >= 0.6 is 0 Å². The van der Waals surface area contributed by atoms with Gasteiger partial charge in [-0.2, -0.15) is 5.26 Å². The quantitative estimate of drug-likeness (QED) is 0.876. The van der Waals surface area contributed by atoms with E-state index in [2.05, 4.69) is 5.32 Å². The Bertz CT molecular complexity index is 706. The van der Waals surface area contributed by atoms with Gasteiger partial charge < -0.3 is 10.4 Å². The number of hydrogen-bond donors (Lipinski definition) is 2. The molecule has 3 nitrogen and oxygen atoms in total. The zero-order chi connectivity index (χ0) is 14.1. The number of phenolic OH excluding ortho intramolecular Hbond substituents is 1. The number of nitriles is 1. The third kappa shape index (κ3) is 1.97. The highest BCUT2D eigenvalue weighted by molar-refractivity contribution is 5.60. The summed E-state index contributed by atoms with van der Waals surface area (Å²) in [5, 5.41) is 22.1. The van der Waals surface area contributed by atoms with Gasteiger partial charge in [0, 0.05) is 0 Å². The van der Waals surface area contributed by atoms with Gasteiger partial charge >= 0.3 is 0 Å². The van der Waals surface area contributed by atoms with Crippen LogP contribution in [-0.2, 0) is 6.42 Å². The van der Waals surface area contributed by atoms with E-state index in [1.54, 1.807) is 24.3 Å². The van der Waals surface area contributed by atoms with Gasteiger partial charge in [0.25, 0.3) is 0 Å². The molecule has 0 amide bonds. The molecule has 4 heteroatoms. The minimum atomic E-state index is -0.522. The fraction of sp³-hybridized carbons (Fsp3) is 0.188. The molecule has 2 N–H and O–H groups in total. The molecule has 3 rings (SSSR count). The molecule has 100 valence electrons. The summed E-state index contributed by atoms with van der Waals surface area (Å²) in [6, 6.07) is 11.8. The van der Waals surface area contributed by atoms with Crippen LogP contribution in [0.3, 0.4) is 0 Å². The molecule has 0 radical (unpaired) electrons. The second-order valence-corrected chi connectivity index (χ2v) is 4.85. The Morgan fingerprint density at radius 1 is 1.25 bits per heavy atom. The number of nitrogens with one attached hydrogen (secondary N) is 1. The fourth-order valence-electron chi connectivity index (χ4n) is 2.73. The largest absolute Gasteiger partial charge is 0.508 e. The van der Waals surface area contributed by atoms with E-state index < -0.39 is 5.82 Å². The van der Waals surface area contributed by atoms with Crippen LogP contribution in [0.1, 0.15) is 29.2 Å². The van der Waals surface area contributed by atoms with Crippen molar-refractivity contribution in [1.29, 1.82) is 5.26 Å². The highest BCUT2D eigenvalue weighted by Gasteiger charge is 2.25. The summed E-state index contributed by atoms with van der Waals surface area (Å²) in [6.45, 7) is 0. The summed E-state index contributed by atoms with van der Waals surface area (Å²) < 4.78 is 13.6. The summed E-state index contributed by atoms with van der Waals surface area (Å²) in [5.41, 5.74) is 2.47. The second kappa shape index (κ2) is 4.86. The van der Waals surface area contributed by atoms with E-state index in [9.17, 15) is 9.50 Å². The van der Waals surface area contributed by atoms with Crippen molar-refractivity contribution in [3.63, 3.8) is 0 Å². The second-order valence-electron chi connectivity index (χ2n) is 4.85. The monoisotopic (exact) mass is 268 g/mol. The van der Waals surface area contributed by atoms with E-state index in [-0.39, 0.29) is 11.6 Å². The van der Waals surface area contributed by atoms with Gasteiger partial charge in [0.2, 0.25) is 0 Å². The number of hydrogen-bond acceptors (Lipinski definition) is 3. The molecular weight excluding hydrogens is 255 g/mol. The Morgan fingerprint density at radius 3 is 2.85 bits per heavy atom. The zero-order valence-corrected chi connectivity index (χ0v) is 10.7. The van der Waals surface area contributed by atoms with Crippen molar-refractivity contribution in [1.82, 2.24) is 0 Å². The van der Waals surface area contributed by atoms with Gasteiger partial charge in [0.15, 0.2) is 0 Å². The minimum absolute atomic E-state index is 0.00833. The molecule has 1 aliphatic rings. The van der Waals surface area contributed by atoms with Crippen molar-refractivity contribution in [2.75, 3.05) is 5.32 Å². The van der Waals surface area contributed by atoms with Gasteiger partial charge in [0.05, 0.1) is 11.7 Å². The maximum absolute atomic E-state index is 13.6. The molecule has 0 aromatic heterocycles. The average molecular weight is 268 g/mol. The summed E-state index contributed by atoms with van der Waals surface area (Å²) in [5.74, 6) is -0.224. The van der Waals surface area contributed by atoms with Crippen molar-refractivity contribution in [3.05, 3.63) is 58.9 Å². The summed E-state index contributed by atoms with van der Waals surface area (Å²) in [7, 11) is 0. The number of benzene rings is 2. The lowest BCUT2D eigenvalue weighted by atomic mass is 10.1. The van der Waals surface area contributed by atoms with Crippen LogP contribution in [0.4, 0.5) is 10.1 Å². The molecule has 2 aromatic rings. The van der Waals surface area contributed by atoms with Gasteiger partial charge in [-0.15, -0.1) is 0 Å². The first-order valence-corrected chi connectivity index (χ1v) is 6.46. The number of fused-ring (bicyclic) bond motifs is 1. The lowest BCUT2D eigenvalue weighted by Crippen LogP contribution is -2.09. The van der Waals surface area contributed by atoms with Crippen LogP contribution in [-0.4, -0.2) is 5.11 Å². The highest BCUT2D eigenvalue weighted by Crippen LogP contribution is 2.38. The molecule has 1 aliphatic carbocycles. The Labute approximate surface area is 116 Å². The van der Waals surface area contributed by atoms with E-state index in [1.807, 2.05) is 12.1 Å². The van der Waals surface area contributed by atoms with E-state index in [1.165, 1.54) is 6.07 Å². The van der Waals surface area contributed by atoms with Crippen molar-refractivity contribution in [3.8, 4) is 11.8 Å². The van der Waals surface area contributed by atoms with E-state index in [0.717, 1.165) is 24.0 Å². The molecule has 20 heavy (non-hydrogen) atoms. The van der Waals surface area contributed by atoms with Crippen molar-refractivity contribution < 1.29 is 9.50 Å². The summed E-state index contributed by atoms with van der Waals surface area (Å²) >= 11 is 0. The topological polar surface area (TPSA) is 56.0 Å². The first kappa shape index (κ1) is 12.5. The van der Waals surface area contributed by atoms with Gasteiger partial charge in [-0.1, -0.05) is 18.2 Å². The van der Waals surface area contributed by atoms with Gasteiger partial charge in [0.1, 0.15) is 23.2 Å². The molecule has 2 aromatic carbocycles. The number of aromatic hydroxyl groups is 1. The molecular formula is C16H13FN2O. The third-order valence-corrected chi connectivity index (χ3v) is 3.70. The number of rotatable bonds is 2. The van der Waals surface area contributed by atoms with Gasteiger partial charge in [-0.05, 0) is 42.2 Å². The smallest absolute Gasteiger partial charge is 0.143 e. The average Bonchev–Trinajstić information content (AvgIpc) is 2.84. The molecule has 0 heterocycles.